The van der Waals surface area contributed by atoms with Crippen LogP contribution in [0.3, 0.4) is 0 Å². The number of aromatic nitrogens is 3. The van der Waals surface area contributed by atoms with Crippen LogP contribution in [0.2, 0.25) is 0 Å². The monoisotopic (exact) mass is 383 g/mol. The van der Waals surface area contributed by atoms with Crippen molar-refractivity contribution in [3.05, 3.63) is 58.4 Å². The molecule has 2 heterocycles. The van der Waals surface area contributed by atoms with Gasteiger partial charge in [-0.1, -0.05) is 0 Å². The van der Waals surface area contributed by atoms with E-state index in [2.05, 4.69) is 9.97 Å². The molecule has 7 heteroatoms. The first-order valence-electron chi connectivity index (χ1n) is 8.86. The molecule has 0 saturated heterocycles. The van der Waals surface area contributed by atoms with Crippen LogP contribution in [-0.4, -0.2) is 27.7 Å². The van der Waals surface area contributed by atoms with E-state index < -0.39 is 5.82 Å². The molecule has 1 aromatic carbocycles. The highest BCUT2D eigenvalue weighted by Crippen LogP contribution is 2.39. The molecule has 3 rings (SSSR count). The van der Waals surface area contributed by atoms with Gasteiger partial charge in [0, 0.05) is 36.5 Å². The predicted molar refractivity (Wildman–Crippen MR) is 105 cm³/mol. The molecule has 0 aliphatic rings. The maximum absolute atomic E-state index is 13.8. The van der Waals surface area contributed by atoms with Crippen LogP contribution in [0.4, 0.5) is 4.39 Å². The number of nitrogens with zero attached hydrogens (tertiary/aromatic N) is 3. The summed E-state index contributed by atoms with van der Waals surface area (Å²) >= 11 is 0. The zero-order valence-electron chi connectivity index (χ0n) is 16.5. The van der Waals surface area contributed by atoms with Crippen LogP contribution in [0.15, 0.2) is 41.3 Å². The number of ether oxygens (including phenoxy) is 2. The lowest BCUT2D eigenvalue weighted by Gasteiger charge is -2.18. The molecule has 0 spiro atoms. The molecule has 6 nitrogen and oxygen atoms in total. The highest BCUT2D eigenvalue weighted by molar-refractivity contribution is 5.77. The summed E-state index contributed by atoms with van der Waals surface area (Å²) in [7, 11) is 3.18. The molecule has 0 aliphatic carbocycles. The zero-order chi connectivity index (χ0) is 20.4. The van der Waals surface area contributed by atoms with E-state index in [1.807, 2.05) is 20.8 Å². The van der Waals surface area contributed by atoms with Crippen molar-refractivity contribution in [2.24, 2.45) is 7.05 Å². The maximum atomic E-state index is 13.8. The molecule has 28 heavy (non-hydrogen) atoms. The zero-order valence-corrected chi connectivity index (χ0v) is 16.5. The molecule has 0 unspecified atom stereocenters. The van der Waals surface area contributed by atoms with E-state index in [1.54, 1.807) is 25.4 Å². The minimum Gasteiger partial charge on any atom is -0.490 e. The van der Waals surface area contributed by atoms with Crippen molar-refractivity contribution in [3.8, 4) is 34.1 Å². The number of hydrogen-bond acceptors (Lipinski definition) is 5. The molecule has 0 aliphatic heterocycles. The molecule has 146 valence electrons. The molecule has 0 bridgehead atoms. The summed E-state index contributed by atoms with van der Waals surface area (Å²) in [6.45, 7) is 5.57. The largest absolute Gasteiger partial charge is 0.490 e. The van der Waals surface area contributed by atoms with E-state index in [-0.39, 0.29) is 11.7 Å². The van der Waals surface area contributed by atoms with Crippen molar-refractivity contribution in [2.75, 3.05) is 7.11 Å². The lowest BCUT2D eigenvalue weighted by Crippen LogP contribution is -2.14. The van der Waals surface area contributed by atoms with Crippen LogP contribution < -0.4 is 15.0 Å². The fourth-order valence-electron chi connectivity index (χ4n) is 2.91. The number of halogens is 1. The standard InChI is InChI=1S/C21H22FN3O3/c1-12(2)28-17-10-15(22)7-8-16(17)19-13(3)23-20(24-21(19)27-5)14-6-9-18(26)25(4)11-14/h6-12H,1-5H3. The number of pyridine rings is 1. The van der Waals surface area contributed by atoms with Crippen molar-refractivity contribution in [1.29, 1.82) is 0 Å². The van der Waals surface area contributed by atoms with Gasteiger partial charge in [0.15, 0.2) is 5.82 Å². The van der Waals surface area contributed by atoms with Gasteiger partial charge in [0.2, 0.25) is 11.4 Å². The van der Waals surface area contributed by atoms with Crippen LogP contribution in [0.5, 0.6) is 11.6 Å². The van der Waals surface area contributed by atoms with Gasteiger partial charge in [0.1, 0.15) is 11.6 Å². The van der Waals surface area contributed by atoms with Crippen molar-refractivity contribution in [1.82, 2.24) is 14.5 Å². The Bertz CT molecular complexity index is 1080. The molecule has 0 amide bonds. The Balaban J connectivity index is 2.18. The van der Waals surface area contributed by atoms with Gasteiger partial charge >= 0.3 is 0 Å². The van der Waals surface area contributed by atoms with Crippen LogP contribution in [0.1, 0.15) is 19.5 Å². The molecule has 0 N–H and O–H groups in total. The first-order valence-corrected chi connectivity index (χ1v) is 8.86. The number of methoxy groups -OCH3 is 1. The lowest BCUT2D eigenvalue weighted by molar-refractivity contribution is 0.242. The number of hydrogen-bond donors (Lipinski definition) is 0. The molecule has 0 radical (unpaired) electrons. The van der Waals surface area contributed by atoms with Gasteiger partial charge in [-0.2, -0.15) is 4.98 Å². The van der Waals surface area contributed by atoms with Gasteiger partial charge in [-0.25, -0.2) is 9.37 Å². The summed E-state index contributed by atoms with van der Waals surface area (Å²) < 4.78 is 26.6. The highest BCUT2D eigenvalue weighted by atomic mass is 19.1. The molecule has 0 atom stereocenters. The van der Waals surface area contributed by atoms with Crippen LogP contribution in [0, 0.1) is 12.7 Å². The first kappa shape index (κ1) is 19.5. The second-order valence-corrected chi connectivity index (χ2v) is 6.69. The molecular formula is C21H22FN3O3. The fourth-order valence-corrected chi connectivity index (χ4v) is 2.91. The van der Waals surface area contributed by atoms with Crippen LogP contribution in [-0.2, 0) is 7.05 Å². The predicted octanol–water partition coefficient (Wildman–Crippen LogP) is 3.75. The van der Waals surface area contributed by atoms with E-state index >= 15 is 0 Å². The summed E-state index contributed by atoms with van der Waals surface area (Å²) in [4.78, 5) is 20.7. The summed E-state index contributed by atoms with van der Waals surface area (Å²) in [5, 5.41) is 0. The Morgan fingerprint density at radius 3 is 2.54 bits per heavy atom. The quantitative estimate of drug-likeness (QED) is 0.671. The molecule has 0 saturated carbocycles. The SMILES string of the molecule is COc1nc(-c2ccc(=O)n(C)c2)nc(C)c1-c1ccc(F)cc1OC(C)C. The van der Waals surface area contributed by atoms with Gasteiger partial charge in [-0.3, -0.25) is 4.79 Å². The van der Waals surface area contributed by atoms with Gasteiger partial charge < -0.3 is 14.0 Å². The Kier molecular flexibility index (Phi) is 5.44. The Morgan fingerprint density at radius 1 is 1.14 bits per heavy atom. The average Bonchev–Trinajstić information content (AvgIpc) is 2.63. The maximum Gasteiger partial charge on any atom is 0.250 e. The third-order valence-electron chi connectivity index (χ3n) is 4.17. The summed E-state index contributed by atoms with van der Waals surface area (Å²) in [6.07, 6.45) is 1.54. The van der Waals surface area contributed by atoms with E-state index in [9.17, 15) is 9.18 Å². The van der Waals surface area contributed by atoms with Gasteiger partial charge in [-0.15, -0.1) is 0 Å². The van der Waals surface area contributed by atoms with Crippen LogP contribution in [0.25, 0.3) is 22.5 Å². The number of benzene rings is 1. The summed E-state index contributed by atoms with van der Waals surface area (Å²) in [6, 6.07) is 7.47. The third kappa shape index (κ3) is 3.88. The van der Waals surface area contributed by atoms with Gasteiger partial charge in [0.25, 0.3) is 0 Å². The van der Waals surface area contributed by atoms with Crippen molar-refractivity contribution < 1.29 is 13.9 Å². The Morgan fingerprint density at radius 2 is 1.89 bits per heavy atom. The number of aryl methyl sites for hydroxylation is 2. The second kappa shape index (κ2) is 7.80. The first-order chi connectivity index (χ1) is 13.3. The fraction of sp³-hybridized carbons (Fsp3) is 0.286. The molecule has 0 fully saturated rings. The van der Waals surface area contributed by atoms with Crippen molar-refractivity contribution in [3.63, 3.8) is 0 Å². The Labute approximate surface area is 162 Å². The minimum atomic E-state index is -0.390. The Hall–Kier alpha value is -3.22. The van der Waals surface area contributed by atoms with E-state index in [0.717, 1.165) is 0 Å². The van der Waals surface area contributed by atoms with E-state index in [1.165, 1.54) is 29.9 Å². The molecule has 2 aromatic heterocycles. The highest BCUT2D eigenvalue weighted by Gasteiger charge is 2.20. The molecular weight excluding hydrogens is 361 g/mol. The number of rotatable bonds is 5. The third-order valence-corrected chi connectivity index (χ3v) is 4.17. The summed E-state index contributed by atoms with van der Waals surface area (Å²) in [5.74, 6) is 0.785. The van der Waals surface area contributed by atoms with E-state index in [0.29, 0.717) is 39.8 Å². The van der Waals surface area contributed by atoms with Crippen molar-refractivity contribution >= 4 is 0 Å². The smallest absolute Gasteiger partial charge is 0.250 e. The van der Waals surface area contributed by atoms with Gasteiger partial charge in [0.05, 0.1) is 24.5 Å². The minimum absolute atomic E-state index is 0.120. The van der Waals surface area contributed by atoms with Crippen molar-refractivity contribution in [2.45, 2.75) is 26.9 Å². The lowest BCUT2D eigenvalue weighted by atomic mass is 10.0. The topological polar surface area (TPSA) is 66.2 Å². The average molecular weight is 383 g/mol. The van der Waals surface area contributed by atoms with Gasteiger partial charge in [-0.05, 0) is 39.0 Å². The van der Waals surface area contributed by atoms with Crippen LogP contribution >= 0.6 is 0 Å². The van der Waals surface area contributed by atoms with E-state index in [4.69, 9.17) is 9.47 Å². The summed E-state index contributed by atoms with van der Waals surface area (Å²) in [5.41, 5.74) is 2.50. The normalized spacial score (nSPS) is 11.0. The second-order valence-electron chi connectivity index (χ2n) is 6.69. The molecule has 3 aromatic rings.